The fourth-order valence-electron chi connectivity index (χ4n) is 2.97. The van der Waals surface area contributed by atoms with E-state index >= 15 is 0 Å². The molecule has 0 aliphatic heterocycles. The third kappa shape index (κ3) is 4.72. The number of carbonyl (C=O) groups excluding carboxylic acids is 1. The van der Waals surface area contributed by atoms with Crippen molar-refractivity contribution in [2.75, 3.05) is 0 Å². The first-order chi connectivity index (χ1) is 15.1. The number of nitrogens with one attached hydrogen (secondary N) is 1. The molecule has 1 aromatic carbocycles. The maximum Gasteiger partial charge on any atom is 0.270 e. The van der Waals surface area contributed by atoms with Crippen LogP contribution in [0.25, 0.3) is 17.3 Å². The van der Waals surface area contributed by atoms with E-state index in [0.717, 1.165) is 27.8 Å². The number of thioether (sulfide) groups is 1. The SMILES string of the molecule is CCC(C)NC(=O)c1csc(CSc2nnc(-c3ccco3)n2-c2ccccc2C)n1. The predicted octanol–water partition coefficient (Wildman–Crippen LogP) is 5.11. The van der Waals surface area contributed by atoms with Crippen LogP contribution in [0.1, 0.15) is 41.3 Å². The number of benzene rings is 1. The maximum absolute atomic E-state index is 12.3. The molecule has 0 saturated carbocycles. The van der Waals surface area contributed by atoms with E-state index in [9.17, 15) is 4.79 Å². The fourth-order valence-corrected chi connectivity index (χ4v) is 4.70. The highest BCUT2D eigenvalue weighted by atomic mass is 32.2. The van der Waals surface area contributed by atoms with Crippen LogP contribution in [0.5, 0.6) is 0 Å². The first kappa shape index (κ1) is 21.3. The number of hydrogen-bond donors (Lipinski definition) is 1. The largest absolute Gasteiger partial charge is 0.461 e. The topological polar surface area (TPSA) is 85.8 Å². The van der Waals surface area contributed by atoms with Gasteiger partial charge in [0, 0.05) is 11.4 Å². The molecule has 160 valence electrons. The van der Waals surface area contributed by atoms with Crippen LogP contribution >= 0.6 is 23.1 Å². The van der Waals surface area contributed by atoms with Crippen molar-refractivity contribution < 1.29 is 9.21 Å². The van der Waals surface area contributed by atoms with Crippen molar-refractivity contribution in [2.45, 2.75) is 44.1 Å². The Labute approximate surface area is 188 Å². The summed E-state index contributed by atoms with van der Waals surface area (Å²) < 4.78 is 7.58. The quantitative estimate of drug-likeness (QED) is 0.373. The number of para-hydroxylation sites is 1. The molecule has 4 aromatic rings. The Morgan fingerprint density at radius 2 is 2.10 bits per heavy atom. The average molecular weight is 454 g/mol. The van der Waals surface area contributed by atoms with E-state index in [1.165, 1.54) is 23.1 Å². The summed E-state index contributed by atoms with van der Waals surface area (Å²) in [5.74, 6) is 1.75. The summed E-state index contributed by atoms with van der Waals surface area (Å²) in [6.45, 7) is 6.07. The molecule has 0 saturated heterocycles. The molecule has 3 aromatic heterocycles. The monoisotopic (exact) mass is 453 g/mol. The van der Waals surface area contributed by atoms with Gasteiger partial charge < -0.3 is 9.73 Å². The molecular formula is C22H23N5O2S2. The van der Waals surface area contributed by atoms with Crippen molar-refractivity contribution >= 4 is 29.0 Å². The van der Waals surface area contributed by atoms with Crippen LogP contribution in [0.15, 0.2) is 57.6 Å². The molecule has 1 atom stereocenters. The zero-order valence-electron chi connectivity index (χ0n) is 17.5. The van der Waals surface area contributed by atoms with Crippen LogP contribution in [0, 0.1) is 6.92 Å². The van der Waals surface area contributed by atoms with Crippen LogP contribution in [0.2, 0.25) is 0 Å². The molecule has 9 heteroatoms. The highest BCUT2D eigenvalue weighted by molar-refractivity contribution is 7.98. The molecule has 0 aliphatic rings. The standard InChI is InChI=1S/C22H23N5O2S2/c1-4-15(3)23-21(28)16-12-30-19(24-16)13-31-22-26-25-20(18-10-7-11-29-18)27(22)17-9-6-5-8-14(17)2/h5-12,15H,4,13H2,1-3H3,(H,23,28). The van der Waals surface area contributed by atoms with E-state index in [1.807, 2.05) is 48.7 Å². The minimum atomic E-state index is -0.134. The van der Waals surface area contributed by atoms with E-state index in [-0.39, 0.29) is 11.9 Å². The lowest BCUT2D eigenvalue weighted by Crippen LogP contribution is -2.32. The molecule has 7 nitrogen and oxygen atoms in total. The first-order valence-corrected chi connectivity index (χ1v) is 11.9. The Balaban J connectivity index is 1.57. The lowest BCUT2D eigenvalue weighted by atomic mass is 10.2. The lowest BCUT2D eigenvalue weighted by Gasteiger charge is -2.11. The Kier molecular flexibility index (Phi) is 6.53. The van der Waals surface area contributed by atoms with Gasteiger partial charge in [-0.25, -0.2) is 4.98 Å². The highest BCUT2D eigenvalue weighted by Gasteiger charge is 2.20. The first-order valence-electron chi connectivity index (χ1n) is 10.00. The third-order valence-electron chi connectivity index (χ3n) is 4.83. The summed E-state index contributed by atoms with van der Waals surface area (Å²) >= 11 is 3.00. The number of carbonyl (C=O) groups is 1. The van der Waals surface area contributed by atoms with Crippen molar-refractivity contribution in [1.29, 1.82) is 0 Å². The summed E-state index contributed by atoms with van der Waals surface area (Å²) in [5.41, 5.74) is 2.56. The molecule has 31 heavy (non-hydrogen) atoms. The highest BCUT2D eigenvalue weighted by Crippen LogP contribution is 2.31. The Morgan fingerprint density at radius 1 is 1.26 bits per heavy atom. The normalized spacial score (nSPS) is 12.1. The number of hydrogen-bond acceptors (Lipinski definition) is 7. The minimum Gasteiger partial charge on any atom is -0.461 e. The van der Waals surface area contributed by atoms with Gasteiger partial charge in [0.25, 0.3) is 5.91 Å². The summed E-state index contributed by atoms with van der Waals surface area (Å²) in [7, 11) is 0. The second-order valence-corrected chi connectivity index (χ2v) is 8.99. The average Bonchev–Trinajstić information content (AvgIpc) is 3.52. The fraction of sp³-hybridized carbons (Fsp3) is 0.273. The molecule has 0 spiro atoms. The van der Waals surface area contributed by atoms with E-state index < -0.39 is 0 Å². The van der Waals surface area contributed by atoms with Gasteiger partial charge in [-0.05, 0) is 44.0 Å². The zero-order chi connectivity index (χ0) is 21.8. The minimum absolute atomic E-state index is 0.125. The van der Waals surface area contributed by atoms with E-state index in [2.05, 4.69) is 33.5 Å². The second-order valence-electron chi connectivity index (χ2n) is 7.10. The van der Waals surface area contributed by atoms with Gasteiger partial charge >= 0.3 is 0 Å². The summed E-state index contributed by atoms with van der Waals surface area (Å²) in [4.78, 5) is 16.8. The van der Waals surface area contributed by atoms with Crippen LogP contribution < -0.4 is 5.32 Å². The van der Waals surface area contributed by atoms with Gasteiger partial charge in [-0.3, -0.25) is 9.36 Å². The Bertz CT molecular complexity index is 1170. The molecule has 4 rings (SSSR count). The van der Waals surface area contributed by atoms with Crippen molar-refractivity contribution in [3.05, 3.63) is 64.3 Å². The second kappa shape index (κ2) is 9.49. The summed E-state index contributed by atoms with van der Waals surface area (Å²) in [6, 6.07) is 11.9. The van der Waals surface area contributed by atoms with E-state index in [0.29, 0.717) is 23.0 Å². The Morgan fingerprint density at radius 3 is 2.84 bits per heavy atom. The molecule has 1 amide bonds. The number of amides is 1. The van der Waals surface area contributed by atoms with Crippen molar-refractivity contribution in [2.24, 2.45) is 0 Å². The van der Waals surface area contributed by atoms with Crippen molar-refractivity contribution in [3.8, 4) is 17.3 Å². The number of thiazole rings is 1. The van der Waals surface area contributed by atoms with Gasteiger partial charge in [0.05, 0.1) is 17.7 Å². The van der Waals surface area contributed by atoms with Gasteiger partial charge in [-0.15, -0.1) is 21.5 Å². The van der Waals surface area contributed by atoms with Gasteiger partial charge in [0.15, 0.2) is 10.9 Å². The summed E-state index contributed by atoms with van der Waals surface area (Å²) in [5, 5.41) is 15.1. The van der Waals surface area contributed by atoms with Gasteiger partial charge in [0.1, 0.15) is 10.7 Å². The van der Waals surface area contributed by atoms with Crippen molar-refractivity contribution in [1.82, 2.24) is 25.1 Å². The number of nitrogens with zero attached hydrogens (tertiary/aromatic N) is 4. The number of rotatable bonds is 8. The number of aryl methyl sites for hydroxylation is 1. The van der Waals surface area contributed by atoms with Gasteiger partial charge in [0.2, 0.25) is 5.82 Å². The molecule has 3 heterocycles. The van der Waals surface area contributed by atoms with Crippen LogP contribution in [-0.2, 0) is 5.75 Å². The summed E-state index contributed by atoms with van der Waals surface area (Å²) in [6.07, 6.45) is 2.51. The van der Waals surface area contributed by atoms with Crippen molar-refractivity contribution in [3.63, 3.8) is 0 Å². The predicted molar refractivity (Wildman–Crippen MR) is 123 cm³/mol. The van der Waals surface area contributed by atoms with Gasteiger partial charge in [-0.1, -0.05) is 36.9 Å². The van der Waals surface area contributed by atoms with E-state index in [4.69, 9.17) is 4.42 Å². The molecule has 1 N–H and O–H groups in total. The van der Waals surface area contributed by atoms with Crippen LogP contribution in [-0.4, -0.2) is 31.7 Å². The molecule has 1 unspecified atom stereocenters. The number of furan rings is 1. The van der Waals surface area contributed by atoms with Crippen LogP contribution in [0.4, 0.5) is 0 Å². The van der Waals surface area contributed by atoms with Crippen LogP contribution in [0.3, 0.4) is 0 Å². The smallest absolute Gasteiger partial charge is 0.270 e. The Hall–Kier alpha value is -2.91. The molecule has 0 radical (unpaired) electrons. The molecular weight excluding hydrogens is 430 g/mol. The lowest BCUT2D eigenvalue weighted by molar-refractivity contribution is 0.0935. The van der Waals surface area contributed by atoms with E-state index in [1.54, 1.807) is 11.6 Å². The molecule has 0 aliphatic carbocycles. The van der Waals surface area contributed by atoms with Gasteiger partial charge in [-0.2, -0.15) is 0 Å². The zero-order valence-corrected chi connectivity index (χ0v) is 19.2. The molecule has 0 fully saturated rings. The number of aromatic nitrogens is 4. The maximum atomic E-state index is 12.3. The third-order valence-corrected chi connectivity index (χ3v) is 6.80. The molecule has 0 bridgehead atoms.